The van der Waals surface area contributed by atoms with Gasteiger partial charge in [-0.3, -0.25) is 9.59 Å². The lowest BCUT2D eigenvalue weighted by Gasteiger charge is -2.23. The van der Waals surface area contributed by atoms with Crippen molar-refractivity contribution in [2.75, 3.05) is 6.54 Å². The third-order valence-electron chi connectivity index (χ3n) is 4.03. The Kier molecular flexibility index (Phi) is 5.43. The van der Waals surface area contributed by atoms with Crippen LogP contribution < -0.4 is 5.32 Å². The van der Waals surface area contributed by atoms with Crippen LogP contribution in [0.3, 0.4) is 0 Å². The number of hydrogen-bond acceptors (Lipinski definition) is 3. The fourth-order valence-electron chi connectivity index (χ4n) is 2.56. The molecule has 132 valence electrons. The van der Waals surface area contributed by atoms with Crippen molar-refractivity contribution >= 4 is 23.2 Å². The predicted octanol–water partition coefficient (Wildman–Crippen LogP) is 3.34. The van der Waals surface area contributed by atoms with E-state index in [0.717, 1.165) is 18.9 Å². The topological polar surface area (TPSA) is 49.4 Å². The Morgan fingerprint density at radius 3 is 2.68 bits per heavy atom. The molecule has 3 rings (SSSR count). The van der Waals surface area contributed by atoms with Crippen LogP contribution in [0, 0.1) is 11.6 Å². The van der Waals surface area contributed by atoms with Crippen LogP contribution in [0.15, 0.2) is 35.7 Å². The molecule has 0 atom stereocenters. The Labute approximate surface area is 148 Å². The van der Waals surface area contributed by atoms with Gasteiger partial charge in [-0.25, -0.2) is 8.78 Å². The number of thiophene rings is 1. The molecule has 0 unspecified atom stereocenters. The van der Waals surface area contributed by atoms with Crippen molar-refractivity contribution in [1.82, 2.24) is 10.2 Å². The Hall–Kier alpha value is -2.28. The summed E-state index contributed by atoms with van der Waals surface area (Å²) in [7, 11) is 0. The van der Waals surface area contributed by atoms with Gasteiger partial charge < -0.3 is 10.2 Å². The molecule has 1 N–H and O–H groups in total. The molecule has 1 aliphatic carbocycles. The highest BCUT2D eigenvalue weighted by molar-refractivity contribution is 7.12. The molecule has 2 aromatic rings. The lowest BCUT2D eigenvalue weighted by Crippen LogP contribution is -2.35. The predicted molar refractivity (Wildman–Crippen MR) is 91.2 cm³/mol. The Bertz CT molecular complexity index is 760. The number of nitrogens with one attached hydrogen (secondary N) is 1. The Balaban J connectivity index is 1.55. The van der Waals surface area contributed by atoms with Crippen LogP contribution in [0.5, 0.6) is 0 Å². The van der Waals surface area contributed by atoms with E-state index in [2.05, 4.69) is 5.32 Å². The maximum Gasteiger partial charge on any atom is 0.261 e. The van der Waals surface area contributed by atoms with E-state index in [0.29, 0.717) is 10.4 Å². The zero-order valence-electron chi connectivity index (χ0n) is 13.5. The van der Waals surface area contributed by atoms with Crippen molar-refractivity contribution in [3.63, 3.8) is 0 Å². The first-order valence-electron chi connectivity index (χ1n) is 8.09. The minimum Gasteiger partial charge on any atom is -0.351 e. The van der Waals surface area contributed by atoms with Gasteiger partial charge in [0, 0.05) is 37.2 Å². The van der Waals surface area contributed by atoms with Crippen molar-refractivity contribution in [1.29, 1.82) is 0 Å². The first-order valence-corrected chi connectivity index (χ1v) is 8.97. The third-order valence-corrected chi connectivity index (χ3v) is 4.90. The molecule has 0 spiro atoms. The van der Waals surface area contributed by atoms with Crippen LogP contribution in [0.2, 0.25) is 0 Å². The van der Waals surface area contributed by atoms with E-state index in [9.17, 15) is 18.4 Å². The third kappa shape index (κ3) is 4.63. The summed E-state index contributed by atoms with van der Waals surface area (Å²) in [5.41, 5.74) is 0.296. The molecule has 1 saturated carbocycles. The molecule has 7 heteroatoms. The van der Waals surface area contributed by atoms with Crippen LogP contribution in [-0.2, 0) is 11.3 Å². The smallest absolute Gasteiger partial charge is 0.261 e. The minimum atomic E-state index is -0.649. The van der Waals surface area contributed by atoms with Crippen LogP contribution in [0.4, 0.5) is 8.78 Å². The number of halogens is 2. The van der Waals surface area contributed by atoms with E-state index in [1.807, 2.05) is 5.38 Å². The quantitative estimate of drug-likeness (QED) is 0.819. The second-order valence-corrected chi connectivity index (χ2v) is 6.92. The number of nitrogens with zero attached hydrogens (tertiary/aromatic N) is 1. The second kappa shape index (κ2) is 7.74. The van der Waals surface area contributed by atoms with Crippen molar-refractivity contribution in [2.24, 2.45) is 0 Å². The van der Waals surface area contributed by atoms with E-state index in [-0.39, 0.29) is 37.4 Å². The number of rotatable bonds is 7. The molecule has 0 saturated heterocycles. The van der Waals surface area contributed by atoms with Crippen molar-refractivity contribution in [3.05, 3.63) is 57.8 Å². The number of hydrogen-bond donors (Lipinski definition) is 1. The number of amides is 2. The zero-order valence-corrected chi connectivity index (χ0v) is 14.3. The first kappa shape index (κ1) is 17.5. The van der Waals surface area contributed by atoms with Gasteiger partial charge in [-0.1, -0.05) is 12.1 Å². The van der Waals surface area contributed by atoms with Gasteiger partial charge in [0.25, 0.3) is 5.91 Å². The highest BCUT2D eigenvalue weighted by Crippen LogP contribution is 2.29. The van der Waals surface area contributed by atoms with Gasteiger partial charge in [0.05, 0.1) is 4.88 Å². The normalized spacial score (nSPS) is 13.5. The minimum absolute atomic E-state index is 0.102. The summed E-state index contributed by atoms with van der Waals surface area (Å²) in [6, 6.07) is 6.99. The molecule has 1 aromatic heterocycles. The molecule has 1 aliphatic rings. The van der Waals surface area contributed by atoms with E-state index < -0.39 is 11.6 Å². The Morgan fingerprint density at radius 2 is 2.04 bits per heavy atom. The number of carbonyl (C=O) groups is 2. The molecular weight excluding hydrogens is 346 g/mol. The van der Waals surface area contributed by atoms with Gasteiger partial charge in [-0.2, -0.15) is 0 Å². The molecule has 0 bridgehead atoms. The molecule has 1 heterocycles. The summed E-state index contributed by atoms with van der Waals surface area (Å²) in [5.74, 6) is -1.63. The van der Waals surface area contributed by atoms with E-state index in [4.69, 9.17) is 0 Å². The SMILES string of the molecule is O=C(NCCC(=O)N(Cc1ccc(F)cc1F)C1CC1)c1cccs1. The second-order valence-electron chi connectivity index (χ2n) is 5.97. The molecule has 0 radical (unpaired) electrons. The van der Waals surface area contributed by atoms with Gasteiger partial charge in [-0.15, -0.1) is 11.3 Å². The fourth-order valence-corrected chi connectivity index (χ4v) is 3.20. The zero-order chi connectivity index (χ0) is 17.8. The molecule has 25 heavy (non-hydrogen) atoms. The number of carbonyl (C=O) groups excluding carboxylic acids is 2. The van der Waals surface area contributed by atoms with E-state index in [1.165, 1.54) is 23.5 Å². The average molecular weight is 364 g/mol. The van der Waals surface area contributed by atoms with Gasteiger partial charge in [0.1, 0.15) is 11.6 Å². The molecule has 0 aliphatic heterocycles. The average Bonchev–Trinajstić information content (AvgIpc) is 3.26. The first-order chi connectivity index (χ1) is 12.0. The maximum atomic E-state index is 13.8. The Morgan fingerprint density at radius 1 is 1.24 bits per heavy atom. The molecular formula is C18H18F2N2O2S. The van der Waals surface area contributed by atoms with Gasteiger partial charge in [0.15, 0.2) is 0 Å². The van der Waals surface area contributed by atoms with Crippen LogP contribution in [-0.4, -0.2) is 29.3 Å². The van der Waals surface area contributed by atoms with Gasteiger partial charge >= 0.3 is 0 Å². The largest absolute Gasteiger partial charge is 0.351 e. The summed E-state index contributed by atoms with van der Waals surface area (Å²) in [4.78, 5) is 26.5. The molecule has 2 amide bonds. The van der Waals surface area contributed by atoms with Crippen LogP contribution >= 0.6 is 11.3 Å². The number of benzene rings is 1. The van der Waals surface area contributed by atoms with Crippen LogP contribution in [0.1, 0.15) is 34.5 Å². The van der Waals surface area contributed by atoms with Crippen molar-refractivity contribution in [3.8, 4) is 0 Å². The summed E-state index contributed by atoms with van der Waals surface area (Å²) in [5, 5.41) is 4.52. The fraction of sp³-hybridized carbons (Fsp3) is 0.333. The van der Waals surface area contributed by atoms with Gasteiger partial charge in [0.2, 0.25) is 5.91 Å². The molecule has 4 nitrogen and oxygen atoms in total. The van der Waals surface area contributed by atoms with E-state index in [1.54, 1.807) is 17.0 Å². The standard InChI is InChI=1S/C18H18F2N2O2S/c19-13-4-3-12(15(20)10-13)11-22(14-5-6-14)17(23)7-8-21-18(24)16-2-1-9-25-16/h1-4,9-10,14H,5-8,11H2,(H,21,24). The van der Waals surface area contributed by atoms with Crippen molar-refractivity contribution in [2.45, 2.75) is 31.8 Å². The van der Waals surface area contributed by atoms with E-state index >= 15 is 0 Å². The highest BCUT2D eigenvalue weighted by atomic mass is 32.1. The van der Waals surface area contributed by atoms with Gasteiger partial charge in [-0.05, 0) is 30.4 Å². The van der Waals surface area contributed by atoms with Crippen molar-refractivity contribution < 1.29 is 18.4 Å². The summed E-state index contributed by atoms with van der Waals surface area (Å²) >= 11 is 1.34. The maximum absolute atomic E-state index is 13.8. The monoisotopic (exact) mass is 364 g/mol. The van der Waals surface area contributed by atoms with Crippen LogP contribution in [0.25, 0.3) is 0 Å². The summed E-state index contributed by atoms with van der Waals surface area (Å²) in [6.07, 6.45) is 1.92. The molecule has 1 aromatic carbocycles. The lowest BCUT2D eigenvalue weighted by atomic mass is 10.2. The summed E-state index contributed by atoms with van der Waals surface area (Å²) in [6.45, 7) is 0.346. The molecule has 1 fully saturated rings. The summed E-state index contributed by atoms with van der Waals surface area (Å²) < 4.78 is 26.9. The lowest BCUT2D eigenvalue weighted by molar-refractivity contribution is -0.132. The highest BCUT2D eigenvalue weighted by Gasteiger charge is 2.32.